The molecule has 120 valence electrons. The Morgan fingerprint density at radius 2 is 2.04 bits per heavy atom. The normalized spacial score (nSPS) is 12.8. The Balaban J connectivity index is 2.09. The quantitative estimate of drug-likeness (QED) is 0.738. The highest BCUT2D eigenvalue weighted by molar-refractivity contribution is 6.34. The predicted octanol–water partition coefficient (Wildman–Crippen LogP) is 3.71. The molecular weight excluding hydrogens is 316 g/mol. The molecule has 0 aliphatic carbocycles. The van der Waals surface area contributed by atoms with Crippen LogP contribution in [0.2, 0.25) is 5.02 Å². The van der Waals surface area contributed by atoms with Crippen LogP contribution >= 0.6 is 11.6 Å². The monoisotopic (exact) mass is 332 g/mol. The highest BCUT2D eigenvalue weighted by Gasteiger charge is 2.17. The number of methoxy groups -OCH3 is 1. The zero-order valence-electron chi connectivity index (χ0n) is 13.1. The van der Waals surface area contributed by atoms with Gasteiger partial charge in [-0.15, -0.1) is 0 Å². The Morgan fingerprint density at radius 1 is 1.26 bits per heavy atom. The highest BCUT2D eigenvalue weighted by Crippen LogP contribution is 2.37. The van der Waals surface area contributed by atoms with Gasteiger partial charge in [0, 0.05) is 12.3 Å². The second-order valence-electron chi connectivity index (χ2n) is 5.41. The van der Waals surface area contributed by atoms with E-state index in [0.717, 1.165) is 11.1 Å². The van der Waals surface area contributed by atoms with Crippen LogP contribution in [0.15, 0.2) is 40.9 Å². The van der Waals surface area contributed by atoms with Crippen molar-refractivity contribution < 1.29 is 14.3 Å². The summed E-state index contributed by atoms with van der Waals surface area (Å²) in [5, 5.41) is 10.7. The van der Waals surface area contributed by atoms with Gasteiger partial charge in [0.2, 0.25) is 0 Å². The minimum Gasteiger partial charge on any atom is -0.496 e. The van der Waals surface area contributed by atoms with Crippen molar-refractivity contribution in [3.8, 4) is 17.1 Å². The molecule has 0 saturated carbocycles. The number of benzene rings is 1. The maximum atomic E-state index is 10.1. The van der Waals surface area contributed by atoms with E-state index in [1.165, 1.54) is 0 Å². The van der Waals surface area contributed by atoms with E-state index >= 15 is 0 Å². The first kappa shape index (κ1) is 15.8. The molecule has 6 heteroatoms. The molecule has 23 heavy (non-hydrogen) atoms. The summed E-state index contributed by atoms with van der Waals surface area (Å²) in [6, 6.07) is 8.99. The number of rotatable bonds is 4. The van der Waals surface area contributed by atoms with Crippen molar-refractivity contribution in [2.75, 3.05) is 21.2 Å². The molecule has 0 saturated heterocycles. The Hall–Kier alpha value is -2.08. The Morgan fingerprint density at radius 3 is 2.70 bits per heavy atom. The SMILES string of the molecule is COc1cc(C(O)N(C)C)ccc1-c1cc2nccc(Cl)c2o1. The molecule has 0 aliphatic heterocycles. The van der Waals surface area contributed by atoms with E-state index in [2.05, 4.69) is 4.98 Å². The van der Waals surface area contributed by atoms with Crippen molar-refractivity contribution in [3.63, 3.8) is 0 Å². The standard InChI is InChI=1S/C17H17ClN2O3/c1-20(2)17(21)10-4-5-11(14(8-10)22-3)15-9-13-16(23-15)12(18)6-7-19-13/h4-9,17,21H,1-3H3. The molecule has 0 bridgehead atoms. The first-order valence-electron chi connectivity index (χ1n) is 7.08. The van der Waals surface area contributed by atoms with Gasteiger partial charge in [0.15, 0.2) is 5.58 Å². The smallest absolute Gasteiger partial charge is 0.171 e. The van der Waals surface area contributed by atoms with Crippen LogP contribution in [-0.4, -0.2) is 36.2 Å². The van der Waals surface area contributed by atoms with Gasteiger partial charge in [0.05, 0.1) is 17.7 Å². The Kier molecular flexibility index (Phi) is 4.26. The van der Waals surface area contributed by atoms with Gasteiger partial charge in [0.25, 0.3) is 0 Å². The van der Waals surface area contributed by atoms with Gasteiger partial charge in [-0.2, -0.15) is 0 Å². The molecule has 0 spiro atoms. The largest absolute Gasteiger partial charge is 0.496 e. The van der Waals surface area contributed by atoms with E-state index in [0.29, 0.717) is 27.6 Å². The zero-order chi connectivity index (χ0) is 16.6. The molecule has 1 unspecified atom stereocenters. The summed E-state index contributed by atoms with van der Waals surface area (Å²) in [6.07, 6.45) is 0.933. The van der Waals surface area contributed by atoms with Gasteiger partial charge in [-0.05, 0) is 37.9 Å². The van der Waals surface area contributed by atoms with Crippen LogP contribution in [0.25, 0.3) is 22.4 Å². The molecule has 1 aromatic carbocycles. The van der Waals surface area contributed by atoms with Crippen LogP contribution in [-0.2, 0) is 0 Å². The van der Waals surface area contributed by atoms with Crippen LogP contribution in [0, 0.1) is 0 Å². The number of halogens is 1. The fourth-order valence-electron chi connectivity index (χ4n) is 2.41. The van der Waals surface area contributed by atoms with Crippen LogP contribution in [0.4, 0.5) is 0 Å². The summed E-state index contributed by atoms with van der Waals surface area (Å²) in [5.41, 5.74) is 2.75. The summed E-state index contributed by atoms with van der Waals surface area (Å²) >= 11 is 6.13. The summed E-state index contributed by atoms with van der Waals surface area (Å²) in [7, 11) is 5.19. The molecule has 0 amide bonds. The molecule has 3 rings (SSSR count). The number of aliphatic hydroxyl groups excluding tert-OH is 1. The number of hydrogen-bond donors (Lipinski definition) is 1. The average Bonchev–Trinajstić information content (AvgIpc) is 2.98. The fourth-order valence-corrected chi connectivity index (χ4v) is 2.60. The molecule has 0 aliphatic rings. The molecule has 1 atom stereocenters. The molecule has 2 heterocycles. The molecular formula is C17H17ClN2O3. The lowest BCUT2D eigenvalue weighted by molar-refractivity contribution is 0.0394. The van der Waals surface area contributed by atoms with E-state index in [-0.39, 0.29) is 0 Å². The van der Waals surface area contributed by atoms with Crippen molar-refractivity contribution in [2.45, 2.75) is 6.23 Å². The lowest BCUT2D eigenvalue weighted by Gasteiger charge is -2.19. The van der Waals surface area contributed by atoms with Crippen molar-refractivity contribution in [1.82, 2.24) is 9.88 Å². The number of ether oxygens (including phenoxy) is 1. The third-order valence-corrected chi connectivity index (χ3v) is 3.94. The maximum Gasteiger partial charge on any atom is 0.171 e. The van der Waals surface area contributed by atoms with Gasteiger partial charge >= 0.3 is 0 Å². The van der Waals surface area contributed by atoms with E-state index in [1.807, 2.05) is 18.2 Å². The number of aliphatic hydroxyl groups is 1. The molecule has 0 fully saturated rings. The molecule has 2 aromatic heterocycles. The third kappa shape index (κ3) is 2.91. The highest BCUT2D eigenvalue weighted by atomic mass is 35.5. The van der Waals surface area contributed by atoms with E-state index in [1.54, 1.807) is 44.4 Å². The lowest BCUT2D eigenvalue weighted by Crippen LogP contribution is -2.19. The first-order chi connectivity index (χ1) is 11.0. The summed E-state index contributed by atoms with van der Waals surface area (Å²) in [6.45, 7) is 0. The Labute approximate surface area is 139 Å². The van der Waals surface area contributed by atoms with E-state index in [9.17, 15) is 5.11 Å². The number of hydrogen-bond acceptors (Lipinski definition) is 5. The van der Waals surface area contributed by atoms with Gasteiger partial charge in [-0.1, -0.05) is 17.7 Å². The number of fused-ring (bicyclic) bond motifs is 1. The third-order valence-electron chi connectivity index (χ3n) is 3.64. The maximum absolute atomic E-state index is 10.1. The van der Waals surface area contributed by atoms with Crippen LogP contribution in [0.5, 0.6) is 5.75 Å². The molecule has 0 radical (unpaired) electrons. The van der Waals surface area contributed by atoms with Gasteiger partial charge in [-0.25, -0.2) is 0 Å². The van der Waals surface area contributed by atoms with Crippen LogP contribution in [0.3, 0.4) is 0 Å². The van der Waals surface area contributed by atoms with Gasteiger partial charge < -0.3 is 14.3 Å². The van der Waals surface area contributed by atoms with Crippen molar-refractivity contribution in [2.24, 2.45) is 0 Å². The van der Waals surface area contributed by atoms with E-state index < -0.39 is 6.23 Å². The summed E-state index contributed by atoms with van der Waals surface area (Å²) in [4.78, 5) is 5.95. The number of pyridine rings is 1. The minimum absolute atomic E-state index is 0.514. The van der Waals surface area contributed by atoms with Crippen LogP contribution < -0.4 is 4.74 Å². The number of aromatic nitrogens is 1. The number of furan rings is 1. The van der Waals surface area contributed by atoms with Crippen molar-refractivity contribution in [1.29, 1.82) is 0 Å². The molecule has 1 N–H and O–H groups in total. The topological polar surface area (TPSA) is 58.7 Å². The lowest BCUT2D eigenvalue weighted by atomic mass is 10.1. The van der Waals surface area contributed by atoms with Crippen molar-refractivity contribution in [3.05, 3.63) is 47.1 Å². The molecule has 5 nitrogen and oxygen atoms in total. The molecule has 3 aromatic rings. The minimum atomic E-state index is -0.704. The second kappa shape index (κ2) is 6.20. The van der Waals surface area contributed by atoms with Gasteiger partial charge in [-0.3, -0.25) is 9.88 Å². The average molecular weight is 333 g/mol. The zero-order valence-corrected chi connectivity index (χ0v) is 13.8. The fraction of sp³-hybridized carbons (Fsp3) is 0.235. The second-order valence-corrected chi connectivity index (χ2v) is 5.82. The van der Waals surface area contributed by atoms with Gasteiger partial charge in [0.1, 0.15) is 23.3 Å². The van der Waals surface area contributed by atoms with Crippen LogP contribution in [0.1, 0.15) is 11.8 Å². The van der Waals surface area contributed by atoms with E-state index in [4.69, 9.17) is 20.8 Å². The summed E-state index contributed by atoms with van der Waals surface area (Å²) in [5.74, 6) is 1.22. The summed E-state index contributed by atoms with van der Waals surface area (Å²) < 4.78 is 11.3. The number of nitrogens with zero attached hydrogens (tertiary/aromatic N) is 2. The first-order valence-corrected chi connectivity index (χ1v) is 7.46. The predicted molar refractivity (Wildman–Crippen MR) is 89.7 cm³/mol. The van der Waals surface area contributed by atoms with Crippen molar-refractivity contribution >= 4 is 22.7 Å². The Bertz CT molecular complexity index is 845.